The lowest BCUT2D eigenvalue weighted by Crippen LogP contribution is -2.30. The van der Waals surface area contributed by atoms with E-state index in [0.29, 0.717) is 23.7 Å². The van der Waals surface area contributed by atoms with Gasteiger partial charge in [0.1, 0.15) is 6.10 Å². The summed E-state index contributed by atoms with van der Waals surface area (Å²) in [5, 5.41) is 11.0. The number of benzene rings is 2. The first-order valence-corrected chi connectivity index (χ1v) is 7.77. The Bertz CT molecular complexity index is 619. The van der Waals surface area contributed by atoms with Crippen LogP contribution in [0.15, 0.2) is 48.5 Å². The van der Waals surface area contributed by atoms with Gasteiger partial charge in [-0.2, -0.15) is 0 Å². The van der Waals surface area contributed by atoms with Crippen molar-refractivity contribution in [3.8, 4) is 0 Å². The second-order valence-electron chi connectivity index (χ2n) is 5.05. The minimum Gasteiger partial charge on any atom is -0.384 e. The fraction of sp³-hybridized carbons (Fsp3) is 0.278. The third kappa shape index (κ3) is 3.67. The Hall–Kier alpha value is -1.84. The first-order chi connectivity index (χ1) is 10.6. The van der Waals surface area contributed by atoms with E-state index in [0.717, 1.165) is 11.1 Å². The summed E-state index contributed by atoms with van der Waals surface area (Å²) >= 11 is 5.85. The van der Waals surface area contributed by atoms with Gasteiger partial charge in [0.15, 0.2) is 0 Å². The van der Waals surface area contributed by atoms with Gasteiger partial charge in [-0.1, -0.05) is 35.9 Å². The summed E-state index contributed by atoms with van der Waals surface area (Å²) in [7, 11) is 0. The van der Waals surface area contributed by atoms with Crippen LogP contribution in [0.3, 0.4) is 0 Å². The Labute approximate surface area is 136 Å². The molecule has 0 aliphatic heterocycles. The molecule has 116 valence electrons. The molecule has 22 heavy (non-hydrogen) atoms. The summed E-state index contributed by atoms with van der Waals surface area (Å²) in [6.45, 7) is 5.29. The average molecular weight is 318 g/mol. The van der Waals surface area contributed by atoms with E-state index < -0.39 is 6.10 Å². The van der Waals surface area contributed by atoms with Crippen molar-refractivity contribution in [2.45, 2.75) is 20.0 Å². The Morgan fingerprint density at radius 3 is 1.91 bits per heavy atom. The molecule has 2 aromatic rings. The fourth-order valence-corrected chi connectivity index (χ4v) is 2.46. The van der Waals surface area contributed by atoms with Crippen molar-refractivity contribution < 1.29 is 9.90 Å². The number of hydrogen-bond donors (Lipinski definition) is 1. The standard InChI is InChI=1S/C18H20ClNO2/c1-3-20(4-2)18(22)15-7-5-13(6-8-15)17(21)14-9-11-16(19)12-10-14/h5-12,17,21H,3-4H2,1-2H3. The van der Waals surface area contributed by atoms with Crippen LogP contribution in [0.1, 0.15) is 41.4 Å². The van der Waals surface area contributed by atoms with Crippen molar-refractivity contribution in [2.75, 3.05) is 13.1 Å². The van der Waals surface area contributed by atoms with Gasteiger partial charge in [0.05, 0.1) is 0 Å². The van der Waals surface area contributed by atoms with Crippen LogP contribution in [0.4, 0.5) is 0 Å². The third-order valence-corrected chi connectivity index (χ3v) is 3.96. The molecule has 1 unspecified atom stereocenters. The maximum atomic E-state index is 12.2. The number of amides is 1. The highest BCUT2D eigenvalue weighted by Crippen LogP contribution is 2.23. The van der Waals surface area contributed by atoms with Crippen molar-refractivity contribution in [2.24, 2.45) is 0 Å². The zero-order valence-corrected chi connectivity index (χ0v) is 13.5. The van der Waals surface area contributed by atoms with Crippen molar-refractivity contribution in [1.82, 2.24) is 4.90 Å². The van der Waals surface area contributed by atoms with E-state index in [9.17, 15) is 9.90 Å². The Balaban J connectivity index is 2.17. The van der Waals surface area contributed by atoms with Crippen LogP contribution in [-0.4, -0.2) is 29.0 Å². The predicted octanol–water partition coefficient (Wildman–Crippen LogP) is 3.90. The molecule has 0 radical (unpaired) electrons. The zero-order valence-electron chi connectivity index (χ0n) is 12.8. The molecule has 1 amide bonds. The molecule has 2 rings (SSSR count). The van der Waals surface area contributed by atoms with E-state index in [1.807, 2.05) is 13.8 Å². The lowest BCUT2D eigenvalue weighted by atomic mass is 10.00. The summed E-state index contributed by atoms with van der Waals surface area (Å²) in [5.74, 6) is 0.0116. The van der Waals surface area contributed by atoms with Gasteiger partial charge < -0.3 is 10.0 Å². The van der Waals surface area contributed by atoms with E-state index in [4.69, 9.17) is 11.6 Å². The number of carbonyl (C=O) groups excluding carboxylic acids is 1. The minimum absolute atomic E-state index is 0.0116. The summed E-state index contributed by atoms with van der Waals surface area (Å²) in [4.78, 5) is 14.0. The summed E-state index contributed by atoms with van der Waals surface area (Å²) in [6.07, 6.45) is -0.727. The van der Waals surface area contributed by atoms with Crippen molar-refractivity contribution in [3.05, 3.63) is 70.2 Å². The molecule has 0 bridgehead atoms. The number of rotatable bonds is 5. The SMILES string of the molecule is CCN(CC)C(=O)c1ccc(C(O)c2ccc(Cl)cc2)cc1. The number of nitrogens with zero attached hydrogens (tertiary/aromatic N) is 1. The van der Waals surface area contributed by atoms with Gasteiger partial charge in [0.25, 0.3) is 5.91 Å². The maximum Gasteiger partial charge on any atom is 0.253 e. The number of aliphatic hydroxyl groups excluding tert-OH is 1. The maximum absolute atomic E-state index is 12.2. The third-order valence-electron chi connectivity index (χ3n) is 3.71. The lowest BCUT2D eigenvalue weighted by molar-refractivity contribution is 0.0773. The second kappa shape index (κ2) is 7.43. The van der Waals surface area contributed by atoms with Crippen molar-refractivity contribution in [1.29, 1.82) is 0 Å². The van der Waals surface area contributed by atoms with Gasteiger partial charge >= 0.3 is 0 Å². The van der Waals surface area contributed by atoms with Gasteiger partial charge in [0.2, 0.25) is 0 Å². The molecule has 3 nitrogen and oxygen atoms in total. The molecule has 4 heteroatoms. The number of aliphatic hydroxyl groups is 1. The van der Waals surface area contributed by atoms with E-state index >= 15 is 0 Å². The molecule has 0 saturated heterocycles. The molecule has 0 saturated carbocycles. The van der Waals surface area contributed by atoms with Crippen LogP contribution in [-0.2, 0) is 0 Å². The number of halogens is 1. The van der Waals surface area contributed by atoms with Gasteiger partial charge in [-0.15, -0.1) is 0 Å². The first kappa shape index (κ1) is 16.5. The second-order valence-corrected chi connectivity index (χ2v) is 5.49. The number of hydrogen-bond acceptors (Lipinski definition) is 2. The Kier molecular flexibility index (Phi) is 5.58. The van der Waals surface area contributed by atoms with Crippen LogP contribution >= 0.6 is 11.6 Å². The zero-order chi connectivity index (χ0) is 16.1. The van der Waals surface area contributed by atoms with Gasteiger partial charge in [-0.3, -0.25) is 4.79 Å². The molecule has 2 aromatic carbocycles. The molecule has 1 atom stereocenters. The van der Waals surface area contributed by atoms with Crippen LogP contribution in [0, 0.1) is 0 Å². The molecule has 1 N–H and O–H groups in total. The van der Waals surface area contributed by atoms with Crippen LogP contribution in [0.5, 0.6) is 0 Å². The Morgan fingerprint density at radius 1 is 1.00 bits per heavy atom. The molecular weight excluding hydrogens is 298 g/mol. The summed E-state index contributed by atoms with van der Waals surface area (Å²) < 4.78 is 0. The highest BCUT2D eigenvalue weighted by atomic mass is 35.5. The van der Waals surface area contributed by atoms with Crippen LogP contribution in [0.25, 0.3) is 0 Å². The molecule has 0 aliphatic rings. The van der Waals surface area contributed by atoms with Gasteiger partial charge in [-0.25, -0.2) is 0 Å². The highest BCUT2D eigenvalue weighted by Gasteiger charge is 2.14. The topological polar surface area (TPSA) is 40.5 Å². The predicted molar refractivity (Wildman–Crippen MR) is 89.2 cm³/mol. The first-order valence-electron chi connectivity index (χ1n) is 7.39. The van der Waals surface area contributed by atoms with Crippen LogP contribution in [0.2, 0.25) is 5.02 Å². The van der Waals surface area contributed by atoms with Crippen LogP contribution < -0.4 is 0 Å². The molecule has 0 heterocycles. The molecule has 0 fully saturated rings. The lowest BCUT2D eigenvalue weighted by Gasteiger charge is -2.19. The van der Waals surface area contributed by atoms with Crippen molar-refractivity contribution >= 4 is 17.5 Å². The largest absolute Gasteiger partial charge is 0.384 e. The van der Waals surface area contributed by atoms with Gasteiger partial charge in [-0.05, 0) is 49.2 Å². The molecule has 0 aromatic heterocycles. The smallest absolute Gasteiger partial charge is 0.253 e. The summed E-state index contributed by atoms with van der Waals surface area (Å²) in [6, 6.07) is 14.2. The van der Waals surface area contributed by atoms with E-state index in [1.165, 1.54) is 0 Å². The van der Waals surface area contributed by atoms with Crippen molar-refractivity contribution in [3.63, 3.8) is 0 Å². The fourth-order valence-electron chi connectivity index (χ4n) is 2.34. The number of carbonyl (C=O) groups is 1. The molecule has 0 aliphatic carbocycles. The van der Waals surface area contributed by atoms with E-state index in [-0.39, 0.29) is 5.91 Å². The molecule has 0 spiro atoms. The minimum atomic E-state index is -0.727. The molecular formula is C18H20ClNO2. The Morgan fingerprint density at radius 2 is 1.45 bits per heavy atom. The van der Waals surface area contributed by atoms with Gasteiger partial charge in [0, 0.05) is 23.7 Å². The quantitative estimate of drug-likeness (QED) is 0.908. The van der Waals surface area contributed by atoms with E-state index in [1.54, 1.807) is 53.4 Å². The normalized spacial score (nSPS) is 12.0. The van der Waals surface area contributed by atoms with E-state index in [2.05, 4.69) is 0 Å². The highest BCUT2D eigenvalue weighted by molar-refractivity contribution is 6.30. The average Bonchev–Trinajstić information content (AvgIpc) is 2.56. The monoisotopic (exact) mass is 317 g/mol. The summed E-state index contributed by atoms with van der Waals surface area (Å²) in [5.41, 5.74) is 2.15.